The first kappa shape index (κ1) is 32.5. The van der Waals surface area contributed by atoms with Crippen LogP contribution in [0.25, 0.3) is 11.0 Å². The maximum atomic E-state index is 14.4. The van der Waals surface area contributed by atoms with Gasteiger partial charge in [-0.3, -0.25) is 14.4 Å². The Balaban J connectivity index is 1.48. The summed E-state index contributed by atoms with van der Waals surface area (Å²) in [5.74, 6) is -1.07. The van der Waals surface area contributed by atoms with Crippen molar-refractivity contribution in [1.29, 1.82) is 0 Å². The summed E-state index contributed by atoms with van der Waals surface area (Å²) >= 11 is 0. The van der Waals surface area contributed by atoms with Gasteiger partial charge in [-0.15, -0.1) is 0 Å². The van der Waals surface area contributed by atoms with E-state index in [2.05, 4.69) is 5.32 Å². The van der Waals surface area contributed by atoms with E-state index < -0.39 is 41.6 Å². The molecule has 4 unspecified atom stereocenters. The van der Waals surface area contributed by atoms with Gasteiger partial charge in [0, 0.05) is 35.2 Å². The fraction of sp³-hybridized carbons (Fsp3) is 0.278. The van der Waals surface area contributed by atoms with Crippen molar-refractivity contribution in [2.45, 2.75) is 30.6 Å². The third-order valence-electron chi connectivity index (χ3n) is 8.72. The number of methoxy groups -OCH3 is 2. The van der Waals surface area contributed by atoms with Crippen molar-refractivity contribution in [2.24, 2.45) is 0 Å². The Morgan fingerprint density at radius 1 is 1.02 bits per heavy atom. The van der Waals surface area contributed by atoms with E-state index in [-0.39, 0.29) is 54.3 Å². The number of carbonyl (C=O) groups is 3. The highest BCUT2D eigenvalue weighted by Gasteiger charge is 2.51. The maximum absolute atomic E-state index is 14.4. The smallest absolute Gasteiger partial charge is 0.349 e. The number of aliphatic hydroxyl groups is 2. The van der Waals surface area contributed by atoms with Crippen LogP contribution in [0.2, 0.25) is 0 Å². The molecule has 2 aliphatic rings. The number of nitrogens with one attached hydrogen (secondary N) is 1. The number of nitrogens with zero attached hydrogens (tertiary/aromatic N) is 1. The number of benzene rings is 3. The summed E-state index contributed by atoms with van der Waals surface area (Å²) in [4.78, 5) is 54.4. The Bertz CT molecular complexity index is 1970. The molecular formula is C36H34N2O10. The van der Waals surface area contributed by atoms with E-state index >= 15 is 0 Å². The Morgan fingerprint density at radius 3 is 2.52 bits per heavy atom. The third kappa shape index (κ3) is 5.91. The van der Waals surface area contributed by atoms with Crippen LogP contribution >= 0.6 is 0 Å². The van der Waals surface area contributed by atoms with Crippen LogP contribution in [0.4, 0.5) is 0 Å². The molecule has 0 saturated carbocycles. The average molecular weight is 655 g/mol. The average Bonchev–Trinajstić information content (AvgIpc) is 3.50. The highest BCUT2D eigenvalue weighted by molar-refractivity contribution is 5.99. The molecule has 0 fully saturated rings. The third-order valence-corrected chi connectivity index (χ3v) is 8.72. The van der Waals surface area contributed by atoms with Gasteiger partial charge in [0.15, 0.2) is 11.5 Å². The molecule has 48 heavy (non-hydrogen) atoms. The van der Waals surface area contributed by atoms with E-state index in [0.717, 1.165) is 5.56 Å². The molecular weight excluding hydrogens is 620 g/mol. The van der Waals surface area contributed by atoms with Gasteiger partial charge in [-0.2, -0.15) is 0 Å². The van der Waals surface area contributed by atoms with Crippen LogP contribution in [-0.4, -0.2) is 85.4 Å². The van der Waals surface area contributed by atoms with Crippen molar-refractivity contribution in [3.63, 3.8) is 0 Å². The largest absolute Gasteiger partial charge is 0.496 e. The lowest BCUT2D eigenvalue weighted by Gasteiger charge is -2.40. The maximum Gasteiger partial charge on any atom is 0.349 e. The van der Waals surface area contributed by atoms with Crippen molar-refractivity contribution in [1.82, 2.24) is 10.2 Å². The van der Waals surface area contributed by atoms with Crippen LogP contribution < -0.4 is 25.2 Å². The standard InChI is InChI=1S/C36H34N2O10/c1-45-27-9-5-3-7-21(27)11-13-38(35(43)25-17-22-8-4-6-10-28(22)47-36(25)44)26-18-24(34(42)37-12-14-39)30-23-15-20(19-40)16-29(46-2)32(23)48-33(30)31(26)41/h3-10,15-19,26,30-31,33,39,41H,11-14H2,1-2H3,(H,37,42). The zero-order valence-corrected chi connectivity index (χ0v) is 26.3. The molecule has 2 amide bonds. The zero-order valence-electron chi connectivity index (χ0n) is 26.3. The number of fused-ring (bicyclic) bond motifs is 4. The quantitative estimate of drug-likeness (QED) is 0.162. The Labute approximate surface area is 275 Å². The molecule has 0 radical (unpaired) electrons. The number of carbonyl (C=O) groups excluding carboxylic acids is 3. The number of hydrogen-bond acceptors (Lipinski definition) is 10. The van der Waals surface area contributed by atoms with Gasteiger partial charge in [-0.1, -0.05) is 36.4 Å². The minimum Gasteiger partial charge on any atom is -0.496 e. The number of para-hydroxylation sites is 2. The fourth-order valence-corrected chi connectivity index (χ4v) is 6.46. The van der Waals surface area contributed by atoms with E-state index in [1.807, 2.05) is 18.2 Å². The van der Waals surface area contributed by atoms with E-state index in [9.17, 15) is 29.4 Å². The van der Waals surface area contributed by atoms with E-state index in [0.29, 0.717) is 28.6 Å². The molecule has 4 aromatic rings. The minimum atomic E-state index is -1.41. The van der Waals surface area contributed by atoms with Gasteiger partial charge in [0.25, 0.3) is 5.91 Å². The number of rotatable bonds is 11. The molecule has 248 valence electrons. The van der Waals surface area contributed by atoms with Gasteiger partial charge in [-0.25, -0.2) is 4.79 Å². The molecule has 0 spiro atoms. The lowest BCUT2D eigenvalue weighted by molar-refractivity contribution is -0.118. The molecule has 6 rings (SSSR count). The van der Waals surface area contributed by atoms with Crippen LogP contribution in [0.1, 0.15) is 37.8 Å². The molecule has 3 aromatic carbocycles. The van der Waals surface area contributed by atoms with Crippen molar-refractivity contribution in [3.05, 3.63) is 111 Å². The number of hydrogen-bond donors (Lipinski definition) is 3. The highest BCUT2D eigenvalue weighted by Crippen LogP contribution is 2.51. The summed E-state index contributed by atoms with van der Waals surface area (Å²) in [6.45, 7) is -0.379. The molecule has 12 nitrogen and oxygen atoms in total. The van der Waals surface area contributed by atoms with E-state index in [1.54, 1.807) is 36.4 Å². The Kier molecular flexibility index (Phi) is 9.28. The molecule has 1 aliphatic carbocycles. The summed E-state index contributed by atoms with van der Waals surface area (Å²) in [6, 6.07) is 17.4. The van der Waals surface area contributed by atoms with Gasteiger partial charge < -0.3 is 39.1 Å². The lowest BCUT2D eigenvalue weighted by Crippen LogP contribution is -2.56. The zero-order chi connectivity index (χ0) is 33.9. The summed E-state index contributed by atoms with van der Waals surface area (Å²) in [6.07, 6.45) is -0.102. The molecule has 2 heterocycles. The van der Waals surface area contributed by atoms with Gasteiger partial charge in [0.05, 0.1) is 32.8 Å². The summed E-state index contributed by atoms with van der Waals surface area (Å²) in [5.41, 5.74) is 0.842. The van der Waals surface area contributed by atoms with E-state index in [1.165, 1.54) is 37.3 Å². The molecule has 1 aromatic heterocycles. The predicted octanol–water partition coefficient (Wildman–Crippen LogP) is 2.63. The van der Waals surface area contributed by atoms with Crippen molar-refractivity contribution < 1.29 is 43.2 Å². The first-order valence-corrected chi connectivity index (χ1v) is 15.4. The first-order chi connectivity index (χ1) is 23.3. The number of aldehydes is 1. The first-order valence-electron chi connectivity index (χ1n) is 15.4. The summed E-state index contributed by atoms with van der Waals surface area (Å²) in [5, 5.41) is 24.6. The molecule has 12 heteroatoms. The highest BCUT2D eigenvalue weighted by atomic mass is 16.5. The molecule has 0 bridgehead atoms. The second-order valence-corrected chi connectivity index (χ2v) is 11.4. The topological polar surface area (TPSA) is 165 Å². The SMILES string of the molecule is COc1ccccc1CCN(C(=O)c1cc2ccccc2oc1=O)C1C=C(C(=O)NCCO)C2c3cc(C=O)cc(OC)c3OC2C1O. The predicted molar refractivity (Wildman–Crippen MR) is 174 cm³/mol. The van der Waals surface area contributed by atoms with Gasteiger partial charge in [0.2, 0.25) is 5.91 Å². The molecule has 0 saturated heterocycles. The van der Waals surface area contributed by atoms with Crippen molar-refractivity contribution in [2.75, 3.05) is 33.9 Å². The van der Waals surface area contributed by atoms with Crippen LogP contribution in [0, 0.1) is 0 Å². The van der Waals surface area contributed by atoms with Gasteiger partial charge >= 0.3 is 5.63 Å². The van der Waals surface area contributed by atoms with Gasteiger partial charge in [0.1, 0.15) is 35.4 Å². The number of amides is 2. The molecule has 4 atom stereocenters. The summed E-state index contributed by atoms with van der Waals surface area (Å²) < 4.78 is 22.8. The van der Waals surface area contributed by atoms with Gasteiger partial charge in [-0.05, 0) is 48.4 Å². The number of ether oxygens (including phenoxy) is 3. The summed E-state index contributed by atoms with van der Waals surface area (Å²) in [7, 11) is 2.94. The van der Waals surface area contributed by atoms with Crippen LogP contribution in [-0.2, 0) is 11.2 Å². The minimum absolute atomic E-state index is 0.00180. The van der Waals surface area contributed by atoms with Crippen LogP contribution in [0.3, 0.4) is 0 Å². The lowest BCUT2D eigenvalue weighted by atomic mass is 9.77. The van der Waals surface area contributed by atoms with Crippen molar-refractivity contribution >= 4 is 29.1 Å². The fourth-order valence-electron chi connectivity index (χ4n) is 6.46. The normalized spacial score (nSPS) is 19.4. The second kappa shape index (κ2) is 13.7. The van der Waals surface area contributed by atoms with Crippen LogP contribution in [0.5, 0.6) is 17.2 Å². The molecule has 1 aliphatic heterocycles. The van der Waals surface area contributed by atoms with Crippen molar-refractivity contribution in [3.8, 4) is 17.2 Å². The van der Waals surface area contributed by atoms with Crippen LogP contribution in [0.15, 0.2) is 87.6 Å². The Morgan fingerprint density at radius 2 is 1.77 bits per heavy atom. The number of aliphatic hydroxyl groups excluding tert-OH is 2. The monoisotopic (exact) mass is 654 g/mol. The molecule has 3 N–H and O–H groups in total. The Hall–Kier alpha value is -5.46. The van der Waals surface area contributed by atoms with E-state index in [4.69, 9.17) is 18.6 Å². The second-order valence-electron chi connectivity index (χ2n) is 11.4.